The van der Waals surface area contributed by atoms with Crippen molar-refractivity contribution in [3.05, 3.63) is 23.8 Å². The number of nitrogens with one attached hydrogen (secondary N) is 1. The largest absolute Gasteiger partial charge is 0.493 e. The van der Waals surface area contributed by atoms with Crippen molar-refractivity contribution in [2.24, 2.45) is 0 Å². The van der Waals surface area contributed by atoms with Crippen molar-refractivity contribution in [2.75, 3.05) is 14.2 Å². The number of hydrogen-bond acceptors (Lipinski definition) is 3. The number of ether oxygens (including phenoxy) is 2. The number of benzene rings is 1. The average molecular weight is 193 g/mol. The fourth-order valence-electron chi connectivity index (χ4n) is 1.30. The topological polar surface area (TPSA) is 42.3 Å². The summed E-state index contributed by atoms with van der Waals surface area (Å²) in [6.45, 7) is 1.79. The highest BCUT2D eigenvalue weighted by molar-refractivity contribution is 5.81. The van der Waals surface area contributed by atoms with Gasteiger partial charge in [0.25, 0.3) is 0 Å². The van der Waals surface area contributed by atoms with Gasteiger partial charge in [0.05, 0.1) is 14.2 Å². The minimum absolute atomic E-state index is 0.636. The van der Waals surface area contributed by atoms with Crippen LogP contribution >= 0.6 is 0 Å². The average Bonchev–Trinajstić information content (AvgIpc) is 2.16. The molecule has 0 saturated carbocycles. The first-order valence-corrected chi connectivity index (χ1v) is 4.42. The van der Waals surface area contributed by atoms with E-state index in [0.29, 0.717) is 17.9 Å². The number of hydrogen-bond donors (Lipinski definition) is 1. The highest BCUT2D eigenvalue weighted by Gasteiger charge is 2.04. The Bertz CT molecular complexity index is 334. The lowest BCUT2D eigenvalue weighted by molar-refractivity contribution is 0.354. The lowest BCUT2D eigenvalue weighted by Gasteiger charge is -2.08. The molecule has 0 unspecified atom stereocenters. The van der Waals surface area contributed by atoms with Crippen LogP contribution in [-0.4, -0.2) is 19.9 Å². The Kier molecular flexibility index (Phi) is 3.51. The highest BCUT2D eigenvalue weighted by atomic mass is 16.5. The summed E-state index contributed by atoms with van der Waals surface area (Å²) in [4.78, 5) is 0. The second kappa shape index (κ2) is 4.65. The minimum atomic E-state index is 0.636. The van der Waals surface area contributed by atoms with Crippen molar-refractivity contribution in [3.8, 4) is 11.5 Å². The summed E-state index contributed by atoms with van der Waals surface area (Å²) in [5.74, 6) is 1.44. The number of methoxy groups -OCH3 is 2. The van der Waals surface area contributed by atoms with E-state index in [1.54, 1.807) is 21.1 Å². The first-order valence-electron chi connectivity index (χ1n) is 4.42. The third kappa shape index (κ3) is 2.49. The Hall–Kier alpha value is -1.51. The lowest BCUT2D eigenvalue weighted by atomic mass is 10.1. The van der Waals surface area contributed by atoms with Gasteiger partial charge < -0.3 is 14.9 Å². The van der Waals surface area contributed by atoms with E-state index in [4.69, 9.17) is 14.9 Å². The molecule has 0 aliphatic rings. The molecule has 0 spiro atoms. The third-order valence-corrected chi connectivity index (χ3v) is 1.92. The van der Waals surface area contributed by atoms with E-state index in [0.717, 1.165) is 11.3 Å². The Balaban J connectivity index is 2.95. The molecule has 3 heteroatoms. The van der Waals surface area contributed by atoms with Gasteiger partial charge in [-0.2, -0.15) is 0 Å². The van der Waals surface area contributed by atoms with Crippen LogP contribution in [0.1, 0.15) is 12.5 Å². The summed E-state index contributed by atoms with van der Waals surface area (Å²) in [7, 11) is 3.22. The van der Waals surface area contributed by atoms with Crippen LogP contribution in [0.25, 0.3) is 0 Å². The van der Waals surface area contributed by atoms with Crippen LogP contribution in [-0.2, 0) is 6.42 Å². The van der Waals surface area contributed by atoms with Gasteiger partial charge in [-0.3, -0.25) is 0 Å². The van der Waals surface area contributed by atoms with Crippen molar-refractivity contribution >= 4 is 5.71 Å². The van der Waals surface area contributed by atoms with E-state index in [9.17, 15) is 0 Å². The Labute approximate surface area is 84.2 Å². The third-order valence-electron chi connectivity index (χ3n) is 1.92. The van der Waals surface area contributed by atoms with E-state index >= 15 is 0 Å². The zero-order valence-electron chi connectivity index (χ0n) is 8.76. The predicted octanol–water partition coefficient (Wildman–Crippen LogP) is 2.29. The predicted molar refractivity (Wildman–Crippen MR) is 56.7 cm³/mol. The maximum atomic E-state index is 7.39. The zero-order chi connectivity index (χ0) is 10.6. The summed E-state index contributed by atoms with van der Waals surface area (Å²) < 4.78 is 10.3. The van der Waals surface area contributed by atoms with Crippen LogP contribution in [0.4, 0.5) is 0 Å². The molecule has 0 aliphatic carbocycles. The van der Waals surface area contributed by atoms with Crippen molar-refractivity contribution in [1.82, 2.24) is 0 Å². The van der Waals surface area contributed by atoms with Gasteiger partial charge in [-0.05, 0) is 24.6 Å². The molecule has 0 aromatic heterocycles. The van der Waals surface area contributed by atoms with Gasteiger partial charge in [-0.15, -0.1) is 0 Å². The molecule has 0 saturated heterocycles. The first kappa shape index (κ1) is 10.6. The summed E-state index contributed by atoms with van der Waals surface area (Å²) in [6, 6.07) is 5.70. The molecule has 14 heavy (non-hydrogen) atoms. The minimum Gasteiger partial charge on any atom is -0.493 e. The van der Waals surface area contributed by atoms with E-state index in [1.165, 1.54) is 0 Å². The molecule has 3 nitrogen and oxygen atoms in total. The van der Waals surface area contributed by atoms with Crippen LogP contribution in [0.15, 0.2) is 18.2 Å². The molecule has 1 N–H and O–H groups in total. The maximum absolute atomic E-state index is 7.39. The smallest absolute Gasteiger partial charge is 0.160 e. The second-order valence-electron chi connectivity index (χ2n) is 3.15. The van der Waals surface area contributed by atoms with Gasteiger partial charge in [0, 0.05) is 12.1 Å². The van der Waals surface area contributed by atoms with E-state index in [1.807, 2.05) is 18.2 Å². The van der Waals surface area contributed by atoms with E-state index in [-0.39, 0.29) is 0 Å². The first-order chi connectivity index (χ1) is 6.67. The van der Waals surface area contributed by atoms with Crippen LogP contribution in [0.3, 0.4) is 0 Å². The van der Waals surface area contributed by atoms with Crippen molar-refractivity contribution in [1.29, 1.82) is 5.41 Å². The standard InChI is InChI=1S/C11H15NO2/c1-8(12)6-9-4-5-10(13-2)11(7-9)14-3/h4-5,7,12H,6H2,1-3H3. The van der Waals surface area contributed by atoms with Gasteiger partial charge in [0.2, 0.25) is 0 Å². The molecule has 0 bridgehead atoms. The fraction of sp³-hybridized carbons (Fsp3) is 0.364. The monoisotopic (exact) mass is 193 g/mol. The van der Waals surface area contributed by atoms with Crippen LogP contribution in [0.2, 0.25) is 0 Å². The summed E-state index contributed by atoms with van der Waals surface area (Å²) in [5, 5.41) is 7.39. The van der Waals surface area contributed by atoms with Crippen LogP contribution < -0.4 is 9.47 Å². The second-order valence-corrected chi connectivity index (χ2v) is 3.15. The van der Waals surface area contributed by atoms with Gasteiger partial charge in [-0.25, -0.2) is 0 Å². The Morgan fingerprint density at radius 3 is 2.36 bits per heavy atom. The lowest BCUT2D eigenvalue weighted by Crippen LogP contribution is -1.97. The quantitative estimate of drug-likeness (QED) is 0.745. The Morgan fingerprint density at radius 1 is 1.21 bits per heavy atom. The molecule has 0 atom stereocenters. The van der Waals surface area contributed by atoms with Gasteiger partial charge >= 0.3 is 0 Å². The normalized spacial score (nSPS) is 9.64. The molecule has 0 aliphatic heterocycles. The van der Waals surface area contributed by atoms with Crippen LogP contribution in [0.5, 0.6) is 11.5 Å². The molecule has 0 amide bonds. The number of rotatable bonds is 4. The van der Waals surface area contributed by atoms with Crippen LogP contribution in [0, 0.1) is 5.41 Å². The zero-order valence-corrected chi connectivity index (χ0v) is 8.76. The highest BCUT2D eigenvalue weighted by Crippen LogP contribution is 2.27. The fourth-order valence-corrected chi connectivity index (χ4v) is 1.30. The van der Waals surface area contributed by atoms with Gasteiger partial charge in [-0.1, -0.05) is 6.07 Å². The maximum Gasteiger partial charge on any atom is 0.160 e. The van der Waals surface area contributed by atoms with Crippen molar-refractivity contribution < 1.29 is 9.47 Å². The Morgan fingerprint density at radius 2 is 1.86 bits per heavy atom. The van der Waals surface area contributed by atoms with Gasteiger partial charge in [0.1, 0.15) is 0 Å². The molecule has 0 fully saturated rings. The van der Waals surface area contributed by atoms with Gasteiger partial charge in [0.15, 0.2) is 11.5 Å². The molecule has 76 valence electrons. The SMILES string of the molecule is COc1ccc(CC(C)=N)cc1OC. The van der Waals surface area contributed by atoms with Crippen molar-refractivity contribution in [2.45, 2.75) is 13.3 Å². The molecule has 1 rings (SSSR count). The molecular formula is C11H15NO2. The van der Waals surface area contributed by atoms with E-state index in [2.05, 4.69) is 0 Å². The summed E-state index contributed by atoms with van der Waals surface area (Å²) in [6.07, 6.45) is 0.653. The van der Waals surface area contributed by atoms with Crippen molar-refractivity contribution in [3.63, 3.8) is 0 Å². The molecule has 0 heterocycles. The molecule has 1 aromatic rings. The summed E-state index contributed by atoms with van der Waals surface area (Å²) in [5.41, 5.74) is 1.70. The summed E-state index contributed by atoms with van der Waals surface area (Å²) >= 11 is 0. The molecule has 0 radical (unpaired) electrons. The molecular weight excluding hydrogens is 178 g/mol. The molecule has 1 aromatic carbocycles. The van der Waals surface area contributed by atoms with E-state index < -0.39 is 0 Å².